The number of piperidine rings is 2. The zero-order chi connectivity index (χ0) is 10.3. The average molecular weight is 205 g/mol. The van der Waals surface area contributed by atoms with E-state index in [9.17, 15) is 4.79 Å². The normalized spacial score (nSPS) is 34.3. The SMILES string of the molecule is O=C(c1ccoc1)C1CC2CCC1NC2. The van der Waals surface area contributed by atoms with E-state index in [1.54, 1.807) is 18.6 Å². The van der Waals surface area contributed by atoms with Gasteiger partial charge in [0.05, 0.1) is 11.8 Å². The molecule has 4 rings (SSSR count). The molecular formula is C12H15NO2. The predicted molar refractivity (Wildman–Crippen MR) is 55.7 cm³/mol. The highest BCUT2D eigenvalue weighted by Gasteiger charge is 2.39. The second-order valence-electron chi connectivity index (χ2n) is 4.68. The maximum Gasteiger partial charge on any atom is 0.170 e. The summed E-state index contributed by atoms with van der Waals surface area (Å²) in [5, 5.41) is 3.46. The van der Waals surface area contributed by atoms with Gasteiger partial charge in [0.25, 0.3) is 0 Å². The largest absolute Gasteiger partial charge is 0.472 e. The molecule has 2 aliphatic heterocycles. The van der Waals surface area contributed by atoms with Crippen molar-refractivity contribution in [3.05, 3.63) is 24.2 Å². The van der Waals surface area contributed by atoms with Gasteiger partial charge in [-0.25, -0.2) is 0 Å². The molecule has 0 radical (unpaired) electrons. The number of Topliss-reactive ketones (excluding diaryl/α,β-unsaturated/α-hetero) is 1. The van der Waals surface area contributed by atoms with Crippen molar-refractivity contribution in [2.45, 2.75) is 25.3 Å². The maximum absolute atomic E-state index is 12.2. The van der Waals surface area contributed by atoms with Gasteiger partial charge in [0.15, 0.2) is 5.78 Å². The Balaban J connectivity index is 1.80. The zero-order valence-corrected chi connectivity index (χ0v) is 8.61. The summed E-state index contributed by atoms with van der Waals surface area (Å²) in [6, 6.07) is 2.17. The van der Waals surface area contributed by atoms with Gasteiger partial charge in [-0.2, -0.15) is 0 Å². The molecule has 2 bridgehead atoms. The number of carbonyl (C=O) groups is 1. The van der Waals surface area contributed by atoms with Gasteiger partial charge in [0.2, 0.25) is 0 Å². The molecule has 0 aromatic carbocycles. The maximum atomic E-state index is 12.2. The van der Waals surface area contributed by atoms with Crippen molar-refractivity contribution in [1.82, 2.24) is 5.32 Å². The Bertz CT molecular complexity index is 350. The van der Waals surface area contributed by atoms with Crippen LogP contribution in [-0.2, 0) is 0 Å². The molecule has 1 N–H and O–H groups in total. The summed E-state index contributed by atoms with van der Waals surface area (Å²) in [5.74, 6) is 1.14. The van der Waals surface area contributed by atoms with E-state index in [0.717, 1.165) is 24.9 Å². The van der Waals surface area contributed by atoms with E-state index in [0.29, 0.717) is 12.0 Å². The number of furan rings is 1. The molecule has 1 aromatic heterocycles. The smallest absolute Gasteiger partial charge is 0.170 e. The predicted octanol–water partition coefficient (Wildman–Crippen LogP) is 1.85. The van der Waals surface area contributed by atoms with Crippen LogP contribution < -0.4 is 5.32 Å². The molecule has 3 atom stereocenters. The van der Waals surface area contributed by atoms with Crippen LogP contribution >= 0.6 is 0 Å². The summed E-state index contributed by atoms with van der Waals surface area (Å²) >= 11 is 0. The second-order valence-corrected chi connectivity index (χ2v) is 4.68. The summed E-state index contributed by atoms with van der Waals surface area (Å²) in [7, 11) is 0. The van der Waals surface area contributed by atoms with Gasteiger partial charge in [-0.1, -0.05) is 0 Å². The monoisotopic (exact) mass is 205 g/mol. The average Bonchev–Trinajstić information content (AvgIpc) is 2.83. The molecular weight excluding hydrogens is 190 g/mol. The topological polar surface area (TPSA) is 42.2 Å². The van der Waals surface area contributed by atoms with Gasteiger partial charge in [0.1, 0.15) is 6.26 Å². The highest BCUT2D eigenvalue weighted by atomic mass is 16.3. The Hall–Kier alpha value is -1.09. The fraction of sp³-hybridized carbons (Fsp3) is 0.583. The van der Waals surface area contributed by atoms with Crippen LogP contribution in [0.15, 0.2) is 23.0 Å². The zero-order valence-electron chi connectivity index (χ0n) is 8.61. The number of rotatable bonds is 2. The summed E-state index contributed by atoms with van der Waals surface area (Å²) in [4.78, 5) is 12.2. The van der Waals surface area contributed by atoms with Crippen molar-refractivity contribution in [3.8, 4) is 0 Å². The third-order valence-corrected chi connectivity index (χ3v) is 3.77. The summed E-state index contributed by atoms with van der Waals surface area (Å²) in [6.07, 6.45) is 6.62. The van der Waals surface area contributed by atoms with Crippen LogP contribution in [0.25, 0.3) is 0 Å². The van der Waals surface area contributed by atoms with Crippen molar-refractivity contribution in [1.29, 1.82) is 0 Å². The van der Waals surface area contributed by atoms with Gasteiger partial charge in [-0.3, -0.25) is 4.79 Å². The van der Waals surface area contributed by atoms with Gasteiger partial charge >= 0.3 is 0 Å². The van der Waals surface area contributed by atoms with Gasteiger partial charge in [-0.05, 0) is 37.8 Å². The molecule has 3 heterocycles. The quantitative estimate of drug-likeness (QED) is 0.749. The van der Waals surface area contributed by atoms with Crippen molar-refractivity contribution in [2.24, 2.45) is 11.8 Å². The fourth-order valence-electron chi connectivity index (χ4n) is 2.91. The fourth-order valence-corrected chi connectivity index (χ4v) is 2.91. The van der Waals surface area contributed by atoms with E-state index in [4.69, 9.17) is 4.42 Å². The molecule has 1 saturated carbocycles. The first-order chi connectivity index (χ1) is 7.34. The second kappa shape index (κ2) is 3.49. The number of fused-ring (bicyclic) bond motifs is 3. The first kappa shape index (κ1) is 9.16. The van der Waals surface area contributed by atoms with E-state index in [1.807, 2.05) is 0 Å². The van der Waals surface area contributed by atoms with Crippen LogP contribution in [0, 0.1) is 11.8 Å². The molecule has 3 fully saturated rings. The minimum Gasteiger partial charge on any atom is -0.472 e. The molecule has 1 aliphatic carbocycles. The summed E-state index contributed by atoms with van der Waals surface area (Å²) in [6.45, 7) is 1.10. The van der Waals surface area contributed by atoms with Gasteiger partial charge in [-0.15, -0.1) is 0 Å². The third-order valence-electron chi connectivity index (χ3n) is 3.77. The molecule has 3 heteroatoms. The van der Waals surface area contributed by atoms with E-state index < -0.39 is 0 Å². The molecule has 80 valence electrons. The highest BCUT2D eigenvalue weighted by molar-refractivity contribution is 5.98. The molecule has 3 nitrogen and oxygen atoms in total. The third kappa shape index (κ3) is 1.51. The van der Waals surface area contributed by atoms with Crippen LogP contribution in [0.1, 0.15) is 29.6 Å². The summed E-state index contributed by atoms with van der Waals surface area (Å²) in [5.41, 5.74) is 0.731. The number of nitrogens with one attached hydrogen (secondary N) is 1. The van der Waals surface area contributed by atoms with Crippen molar-refractivity contribution < 1.29 is 9.21 Å². The van der Waals surface area contributed by atoms with Gasteiger partial charge < -0.3 is 9.73 Å². The molecule has 3 unspecified atom stereocenters. The molecule has 0 amide bonds. The lowest BCUT2D eigenvalue weighted by Crippen LogP contribution is -2.52. The Morgan fingerprint density at radius 2 is 2.40 bits per heavy atom. The van der Waals surface area contributed by atoms with E-state index in [1.165, 1.54) is 6.42 Å². The molecule has 15 heavy (non-hydrogen) atoms. The van der Waals surface area contributed by atoms with Crippen LogP contribution in [0.2, 0.25) is 0 Å². The van der Waals surface area contributed by atoms with Crippen LogP contribution in [0.5, 0.6) is 0 Å². The lowest BCUT2D eigenvalue weighted by Gasteiger charge is -2.42. The van der Waals surface area contributed by atoms with Crippen LogP contribution in [0.4, 0.5) is 0 Å². The Kier molecular flexibility index (Phi) is 2.13. The summed E-state index contributed by atoms with van der Waals surface area (Å²) < 4.78 is 4.97. The minimum atomic E-state index is 0.176. The van der Waals surface area contributed by atoms with Crippen molar-refractivity contribution >= 4 is 5.78 Å². The first-order valence-electron chi connectivity index (χ1n) is 5.64. The van der Waals surface area contributed by atoms with E-state index in [-0.39, 0.29) is 11.7 Å². The Morgan fingerprint density at radius 3 is 2.93 bits per heavy atom. The lowest BCUT2D eigenvalue weighted by atomic mass is 9.71. The molecule has 0 spiro atoms. The highest BCUT2D eigenvalue weighted by Crippen LogP contribution is 2.35. The van der Waals surface area contributed by atoms with Crippen LogP contribution in [0.3, 0.4) is 0 Å². The Morgan fingerprint density at radius 1 is 1.47 bits per heavy atom. The van der Waals surface area contributed by atoms with E-state index in [2.05, 4.69) is 5.32 Å². The van der Waals surface area contributed by atoms with E-state index >= 15 is 0 Å². The standard InChI is InChI=1S/C12H15NO2/c14-12(9-3-4-15-7-9)10-5-8-1-2-11(10)13-6-8/h3-4,7-8,10-11,13H,1-2,5-6H2. The van der Waals surface area contributed by atoms with Crippen LogP contribution in [-0.4, -0.2) is 18.4 Å². The number of hydrogen-bond donors (Lipinski definition) is 1. The first-order valence-corrected chi connectivity index (χ1v) is 5.64. The number of carbonyl (C=O) groups excluding carboxylic acids is 1. The lowest BCUT2D eigenvalue weighted by molar-refractivity contribution is 0.0730. The Labute approximate surface area is 88.8 Å². The number of ketones is 1. The van der Waals surface area contributed by atoms with Gasteiger partial charge in [0, 0.05) is 12.0 Å². The van der Waals surface area contributed by atoms with Crippen molar-refractivity contribution in [2.75, 3.05) is 6.54 Å². The molecule has 1 aromatic rings. The number of hydrogen-bond acceptors (Lipinski definition) is 3. The molecule has 2 saturated heterocycles. The molecule has 3 aliphatic rings. The minimum absolute atomic E-state index is 0.176. The van der Waals surface area contributed by atoms with Crippen molar-refractivity contribution in [3.63, 3.8) is 0 Å².